The van der Waals surface area contributed by atoms with Crippen molar-refractivity contribution in [1.82, 2.24) is 0 Å². The van der Waals surface area contributed by atoms with Crippen LogP contribution in [0.1, 0.15) is 50.7 Å². The van der Waals surface area contributed by atoms with E-state index in [1.54, 1.807) is 0 Å². The van der Waals surface area contributed by atoms with Crippen molar-refractivity contribution in [3.63, 3.8) is 0 Å². The lowest BCUT2D eigenvalue weighted by Crippen LogP contribution is -2.08. The first-order valence-corrected chi connectivity index (χ1v) is 9.16. The van der Waals surface area contributed by atoms with Crippen LogP contribution in [-0.4, -0.2) is 12.6 Å². The molecule has 0 saturated carbocycles. The third-order valence-electron chi connectivity index (χ3n) is 4.07. The molecule has 0 aliphatic rings. The maximum Gasteiger partial charge on any atom is 0.338 e. The molecule has 0 radical (unpaired) electrons. The number of carbonyl (C=O) groups is 1. The molecule has 0 N–H and O–H groups in total. The van der Waals surface area contributed by atoms with Crippen LogP contribution in [0.15, 0.2) is 60.7 Å². The van der Waals surface area contributed by atoms with E-state index in [1.165, 1.54) is 12.8 Å². The Hall–Kier alpha value is -2.35. The smallest absolute Gasteiger partial charge is 0.338 e. The van der Waals surface area contributed by atoms with E-state index in [1.807, 2.05) is 66.7 Å². The van der Waals surface area contributed by atoms with Crippen LogP contribution >= 0.6 is 0 Å². The zero-order chi connectivity index (χ0) is 17.9. The first-order chi connectivity index (χ1) is 12.2. The van der Waals surface area contributed by atoms with Gasteiger partial charge in [-0.1, -0.05) is 93.8 Å². The molecule has 0 atom stereocenters. The van der Waals surface area contributed by atoms with Crippen LogP contribution < -0.4 is 0 Å². The number of ether oxygens (including phenoxy) is 1. The fourth-order valence-electron chi connectivity index (χ4n) is 2.67. The highest BCUT2D eigenvalue weighted by molar-refractivity contribution is 6.21. The van der Waals surface area contributed by atoms with Gasteiger partial charge >= 0.3 is 5.97 Å². The van der Waals surface area contributed by atoms with Gasteiger partial charge < -0.3 is 4.74 Å². The van der Waals surface area contributed by atoms with E-state index in [2.05, 4.69) is 13.8 Å². The predicted octanol–water partition coefficient (Wildman–Crippen LogP) is 5.99. The average molecular weight is 336 g/mol. The van der Waals surface area contributed by atoms with Crippen molar-refractivity contribution in [2.45, 2.75) is 39.5 Å². The van der Waals surface area contributed by atoms with Gasteiger partial charge in [-0.15, -0.1) is 0 Å². The van der Waals surface area contributed by atoms with Gasteiger partial charge in [-0.3, -0.25) is 0 Å². The fourth-order valence-corrected chi connectivity index (χ4v) is 2.67. The molecular formula is C23H28O2. The molecule has 0 amide bonds. The van der Waals surface area contributed by atoms with Crippen molar-refractivity contribution >= 4 is 17.6 Å². The van der Waals surface area contributed by atoms with E-state index in [0.717, 1.165) is 29.9 Å². The summed E-state index contributed by atoms with van der Waals surface area (Å²) >= 11 is 0. The highest BCUT2D eigenvalue weighted by Gasteiger charge is 2.13. The molecule has 2 aromatic rings. The van der Waals surface area contributed by atoms with Gasteiger partial charge in [0.25, 0.3) is 0 Å². The third kappa shape index (κ3) is 6.96. The number of carbonyl (C=O) groups excluding carboxylic acids is 1. The van der Waals surface area contributed by atoms with Gasteiger partial charge in [0.2, 0.25) is 0 Å². The van der Waals surface area contributed by atoms with Crippen molar-refractivity contribution in [2.75, 3.05) is 6.61 Å². The minimum Gasteiger partial charge on any atom is -0.462 e. The second-order valence-corrected chi connectivity index (χ2v) is 6.71. The standard InChI is InChI=1S/C23H28O2/c1-19(2)12-6-5-11-17-25-23(24)22(21-15-9-4-10-16-21)18-20-13-7-3-8-14-20/h3-4,7-10,13-16,18-19H,5-6,11-12,17H2,1-2H3. The Bertz CT molecular complexity index is 657. The highest BCUT2D eigenvalue weighted by Crippen LogP contribution is 2.20. The van der Waals surface area contributed by atoms with E-state index in [0.29, 0.717) is 12.2 Å². The highest BCUT2D eigenvalue weighted by atomic mass is 16.5. The number of hydrogen-bond acceptors (Lipinski definition) is 2. The van der Waals surface area contributed by atoms with Crippen LogP contribution in [0.5, 0.6) is 0 Å². The summed E-state index contributed by atoms with van der Waals surface area (Å²) in [6, 6.07) is 19.6. The molecule has 2 rings (SSSR count). The number of hydrogen-bond donors (Lipinski definition) is 0. The van der Waals surface area contributed by atoms with Gasteiger partial charge in [0, 0.05) is 0 Å². The first-order valence-electron chi connectivity index (χ1n) is 9.16. The molecule has 2 aromatic carbocycles. The third-order valence-corrected chi connectivity index (χ3v) is 4.07. The Morgan fingerprint density at radius 3 is 2.20 bits per heavy atom. The van der Waals surface area contributed by atoms with Crippen LogP contribution in [0.25, 0.3) is 11.6 Å². The quantitative estimate of drug-likeness (QED) is 0.243. The molecule has 0 fully saturated rings. The zero-order valence-electron chi connectivity index (χ0n) is 15.3. The molecule has 132 valence electrons. The predicted molar refractivity (Wildman–Crippen MR) is 105 cm³/mol. The second-order valence-electron chi connectivity index (χ2n) is 6.71. The van der Waals surface area contributed by atoms with Crippen molar-refractivity contribution in [3.8, 4) is 0 Å². The van der Waals surface area contributed by atoms with Crippen LogP contribution in [-0.2, 0) is 9.53 Å². The van der Waals surface area contributed by atoms with Gasteiger partial charge in [0.15, 0.2) is 0 Å². The molecule has 0 aliphatic heterocycles. The van der Waals surface area contributed by atoms with E-state index in [4.69, 9.17) is 4.74 Å². The summed E-state index contributed by atoms with van der Waals surface area (Å²) in [5, 5.41) is 0. The normalized spacial score (nSPS) is 11.6. The summed E-state index contributed by atoms with van der Waals surface area (Å²) in [6.07, 6.45) is 6.36. The molecule has 0 aliphatic carbocycles. The number of esters is 1. The van der Waals surface area contributed by atoms with Gasteiger partial charge in [-0.05, 0) is 29.5 Å². The van der Waals surface area contributed by atoms with E-state index in [9.17, 15) is 4.79 Å². The lowest BCUT2D eigenvalue weighted by Gasteiger charge is -2.10. The lowest BCUT2D eigenvalue weighted by molar-refractivity contribution is -0.136. The summed E-state index contributed by atoms with van der Waals surface area (Å²) in [5.74, 6) is 0.486. The summed E-state index contributed by atoms with van der Waals surface area (Å²) in [7, 11) is 0. The number of unbranched alkanes of at least 4 members (excludes halogenated alkanes) is 2. The number of benzene rings is 2. The van der Waals surface area contributed by atoms with Gasteiger partial charge in [0.05, 0.1) is 12.2 Å². The summed E-state index contributed by atoms with van der Waals surface area (Å²) < 4.78 is 5.53. The monoisotopic (exact) mass is 336 g/mol. The molecule has 2 nitrogen and oxygen atoms in total. The van der Waals surface area contributed by atoms with Gasteiger partial charge in [-0.2, -0.15) is 0 Å². The van der Waals surface area contributed by atoms with E-state index >= 15 is 0 Å². The van der Waals surface area contributed by atoms with Crippen LogP contribution in [0, 0.1) is 5.92 Å². The molecule has 0 saturated heterocycles. The lowest BCUT2D eigenvalue weighted by atomic mass is 10.0. The van der Waals surface area contributed by atoms with Crippen molar-refractivity contribution in [3.05, 3.63) is 71.8 Å². The molecule has 0 bridgehead atoms. The van der Waals surface area contributed by atoms with Crippen molar-refractivity contribution < 1.29 is 9.53 Å². The van der Waals surface area contributed by atoms with Crippen LogP contribution in [0.4, 0.5) is 0 Å². The summed E-state index contributed by atoms with van der Waals surface area (Å²) in [6.45, 7) is 4.96. The zero-order valence-corrected chi connectivity index (χ0v) is 15.3. The van der Waals surface area contributed by atoms with Crippen LogP contribution in [0.2, 0.25) is 0 Å². The molecule has 0 aromatic heterocycles. The van der Waals surface area contributed by atoms with Gasteiger partial charge in [-0.25, -0.2) is 4.79 Å². The van der Waals surface area contributed by atoms with Crippen molar-refractivity contribution in [1.29, 1.82) is 0 Å². The average Bonchev–Trinajstić information content (AvgIpc) is 2.63. The largest absolute Gasteiger partial charge is 0.462 e. The first kappa shape index (κ1) is 19.0. The number of rotatable bonds is 9. The van der Waals surface area contributed by atoms with Gasteiger partial charge in [0.1, 0.15) is 0 Å². The van der Waals surface area contributed by atoms with Crippen LogP contribution in [0.3, 0.4) is 0 Å². The Balaban J connectivity index is 1.99. The Labute approximate surface area is 151 Å². The maximum atomic E-state index is 12.6. The summed E-state index contributed by atoms with van der Waals surface area (Å²) in [4.78, 5) is 12.6. The minimum absolute atomic E-state index is 0.251. The molecular weight excluding hydrogens is 308 g/mol. The van der Waals surface area contributed by atoms with E-state index in [-0.39, 0.29) is 5.97 Å². The molecule has 2 heteroatoms. The summed E-state index contributed by atoms with van der Waals surface area (Å²) in [5.41, 5.74) is 2.49. The van der Waals surface area contributed by atoms with Crippen molar-refractivity contribution in [2.24, 2.45) is 5.92 Å². The SMILES string of the molecule is CC(C)CCCCCOC(=O)C(=Cc1ccccc1)c1ccccc1. The molecule has 0 unspecified atom stereocenters. The molecule has 0 heterocycles. The minimum atomic E-state index is -0.251. The Morgan fingerprint density at radius 2 is 1.56 bits per heavy atom. The van der Waals surface area contributed by atoms with E-state index < -0.39 is 0 Å². The second kappa shape index (κ2) is 10.5. The topological polar surface area (TPSA) is 26.3 Å². The maximum absolute atomic E-state index is 12.6. The molecule has 0 spiro atoms. The molecule has 25 heavy (non-hydrogen) atoms. The Morgan fingerprint density at radius 1 is 0.920 bits per heavy atom. The Kier molecular flexibility index (Phi) is 7.97. The fraction of sp³-hybridized carbons (Fsp3) is 0.348.